The van der Waals surface area contributed by atoms with E-state index in [0.717, 1.165) is 29.9 Å². The highest BCUT2D eigenvalue weighted by atomic mass is 79.9. The fourth-order valence-electron chi connectivity index (χ4n) is 1.53. The highest BCUT2D eigenvalue weighted by Crippen LogP contribution is 2.15. The van der Waals surface area contributed by atoms with Gasteiger partial charge in [0, 0.05) is 23.8 Å². The molecule has 0 spiro atoms. The maximum absolute atomic E-state index is 5.50. The molecule has 0 aromatic carbocycles. The molecule has 4 heteroatoms. The zero-order valence-corrected chi connectivity index (χ0v) is 9.46. The van der Waals surface area contributed by atoms with Gasteiger partial charge >= 0.3 is 0 Å². The van der Waals surface area contributed by atoms with Gasteiger partial charge in [0.2, 0.25) is 0 Å². The molecule has 1 aromatic rings. The van der Waals surface area contributed by atoms with Crippen LogP contribution in [0.3, 0.4) is 0 Å². The van der Waals surface area contributed by atoms with Crippen molar-refractivity contribution in [2.75, 3.05) is 18.5 Å². The lowest BCUT2D eigenvalue weighted by molar-refractivity contribution is 0.120. The number of anilines is 1. The number of rotatable bonds is 3. The first-order valence-electron chi connectivity index (χ1n) is 4.81. The Hall–Kier alpha value is -0.610. The predicted molar refractivity (Wildman–Crippen MR) is 59.4 cm³/mol. The average molecular weight is 257 g/mol. The number of hydrogen-bond acceptors (Lipinski definition) is 3. The van der Waals surface area contributed by atoms with Gasteiger partial charge in [-0.3, -0.25) is 0 Å². The Bertz CT molecular complexity index is 300. The summed E-state index contributed by atoms with van der Waals surface area (Å²) >= 11 is 3.40. The largest absolute Gasteiger partial charge is 0.376 e. The zero-order chi connectivity index (χ0) is 9.80. The summed E-state index contributed by atoms with van der Waals surface area (Å²) in [6.45, 7) is 1.75. The quantitative estimate of drug-likeness (QED) is 0.903. The van der Waals surface area contributed by atoms with Crippen LogP contribution >= 0.6 is 15.9 Å². The van der Waals surface area contributed by atoms with Gasteiger partial charge in [0.05, 0.1) is 6.10 Å². The number of nitrogens with one attached hydrogen (secondary N) is 1. The Morgan fingerprint density at radius 3 is 3.29 bits per heavy atom. The van der Waals surface area contributed by atoms with Crippen LogP contribution in [0, 0.1) is 0 Å². The first kappa shape index (κ1) is 9.93. The number of nitrogens with zero attached hydrogens (tertiary/aromatic N) is 1. The molecule has 0 saturated carbocycles. The van der Waals surface area contributed by atoms with E-state index in [4.69, 9.17) is 4.74 Å². The minimum atomic E-state index is 0.357. The molecular formula is C10H13BrN2O. The number of pyridine rings is 1. The van der Waals surface area contributed by atoms with Crippen LogP contribution in [-0.4, -0.2) is 24.2 Å². The van der Waals surface area contributed by atoms with Gasteiger partial charge in [0.15, 0.2) is 0 Å². The lowest BCUT2D eigenvalue weighted by Crippen LogP contribution is -2.18. The van der Waals surface area contributed by atoms with Gasteiger partial charge in [-0.25, -0.2) is 4.98 Å². The van der Waals surface area contributed by atoms with E-state index in [1.807, 2.05) is 12.1 Å². The van der Waals surface area contributed by atoms with Crippen molar-refractivity contribution in [3.05, 3.63) is 22.8 Å². The third-order valence-corrected chi connectivity index (χ3v) is 2.75. The maximum atomic E-state index is 5.50. The molecule has 1 N–H and O–H groups in total. The molecule has 1 atom stereocenters. The number of hydrogen-bond donors (Lipinski definition) is 1. The van der Waals surface area contributed by atoms with Crippen molar-refractivity contribution in [1.29, 1.82) is 0 Å². The highest BCUT2D eigenvalue weighted by molar-refractivity contribution is 9.10. The monoisotopic (exact) mass is 256 g/mol. The fourth-order valence-corrected chi connectivity index (χ4v) is 1.86. The normalized spacial score (nSPS) is 21.1. The molecule has 14 heavy (non-hydrogen) atoms. The molecule has 0 radical (unpaired) electrons. The molecule has 0 aliphatic carbocycles. The second kappa shape index (κ2) is 4.75. The van der Waals surface area contributed by atoms with Crippen LogP contribution in [0.1, 0.15) is 12.8 Å². The lowest BCUT2D eigenvalue weighted by atomic mass is 10.2. The molecule has 1 saturated heterocycles. The van der Waals surface area contributed by atoms with Crippen molar-refractivity contribution in [3.63, 3.8) is 0 Å². The molecule has 2 heterocycles. The Balaban J connectivity index is 1.85. The predicted octanol–water partition coefficient (Wildman–Crippen LogP) is 2.44. The SMILES string of the molecule is Brc1ccnc(NCC2CCCO2)c1. The minimum absolute atomic E-state index is 0.357. The third kappa shape index (κ3) is 2.69. The summed E-state index contributed by atoms with van der Waals surface area (Å²) < 4.78 is 6.55. The Morgan fingerprint density at radius 2 is 2.57 bits per heavy atom. The minimum Gasteiger partial charge on any atom is -0.376 e. The fraction of sp³-hybridized carbons (Fsp3) is 0.500. The summed E-state index contributed by atoms with van der Waals surface area (Å²) in [5.41, 5.74) is 0. The summed E-state index contributed by atoms with van der Waals surface area (Å²) in [4.78, 5) is 4.20. The molecule has 3 nitrogen and oxygen atoms in total. The molecule has 1 fully saturated rings. The molecule has 1 aromatic heterocycles. The van der Waals surface area contributed by atoms with Crippen molar-refractivity contribution in [2.45, 2.75) is 18.9 Å². The smallest absolute Gasteiger partial charge is 0.127 e. The van der Waals surface area contributed by atoms with Gasteiger partial charge in [-0.15, -0.1) is 0 Å². The van der Waals surface area contributed by atoms with E-state index in [9.17, 15) is 0 Å². The van der Waals surface area contributed by atoms with Crippen molar-refractivity contribution in [1.82, 2.24) is 4.98 Å². The van der Waals surface area contributed by atoms with E-state index < -0.39 is 0 Å². The molecule has 2 rings (SSSR count). The standard InChI is InChI=1S/C10H13BrN2O/c11-8-3-4-12-10(6-8)13-7-9-2-1-5-14-9/h3-4,6,9H,1-2,5,7H2,(H,12,13). The second-order valence-corrected chi connectivity index (χ2v) is 4.29. The van der Waals surface area contributed by atoms with E-state index in [2.05, 4.69) is 26.2 Å². The van der Waals surface area contributed by atoms with Crippen LogP contribution < -0.4 is 5.32 Å². The third-order valence-electron chi connectivity index (χ3n) is 2.26. The maximum Gasteiger partial charge on any atom is 0.127 e. The Morgan fingerprint density at radius 1 is 1.64 bits per heavy atom. The van der Waals surface area contributed by atoms with Crippen molar-refractivity contribution >= 4 is 21.7 Å². The molecule has 76 valence electrons. The lowest BCUT2D eigenvalue weighted by Gasteiger charge is -2.10. The zero-order valence-electron chi connectivity index (χ0n) is 7.87. The number of ether oxygens (including phenoxy) is 1. The van der Waals surface area contributed by atoms with E-state index in [0.29, 0.717) is 6.10 Å². The van der Waals surface area contributed by atoms with Gasteiger partial charge in [-0.05, 0) is 25.0 Å². The van der Waals surface area contributed by atoms with Gasteiger partial charge in [-0.1, -0.05) is 15.9 Å². The van der Waals surface area contributed by atoms with Crippen molar-refractivity contribution in [2.24, 2.45) is 0 Å². The van der Waals surface area contributed by atoms with Gasteiger partial charge in [-0.2, -0.15) is 0 Å². The Labute approximate surface area is 92.0 Å². The van der Waals surface area contributed by atoms with Crippen LogP contribution in [-0.2, 0) is 4.74 Å². The molecule has 0 bridgehead atoms. The van der Waals surface area contributed by atoms with Crippen molar-refractivity contribution < 1.29 is 4.74 Å². The van der Waals surface area contributed by atoms with E-state index in [1.165, 1.54) is 6.42 Å². The molecule has 1 aliphatic rings. The van der Waals surface area contributed by atoms with E-state index in [-0.39, 0.29) is 0 Å². The first-order valence-corrected chi connectivity index (χ1v) is 5.61. The van der Waals surface area contributed by atoms with Crippen LogP contribution in [0.2, 0.25) is 0 Å². The molecule has 0 amide bonds. The summed E-state index contributed by atoms with van der Waals surface area (Å²) in [6, 6.07) is 3.88. The Kier molecular flexibility index (Phi) is 3.37. The molecule has 1 unspecified atom stereocenters. The topological polar surface area (TPSA) is 34.2 Å². The molecular weight excluding hydrogens is 244 g/mol. The van der Waals surface area contributed by atoms with Gasteiger partial charge in [0.25, 0.3) is 0 Å². The summed E-state index contributed by atoms with van der Waals surface area (Å²) in [5.74, 6) is 0.898. The van der Waals surface area contributed by atoms with Crippen LogP contribution in [0.15, 0.2) is 22.8 Å². The number of halogens is 1. The van der Waals surface area contributed by atoms with Crippen LogP contribution in [0.25, 0.3) is 0 Å². The van der Waals surface area contributed by atoms with E-state index in [1.54, 1.807) is 6.20 Å². The summed E-state index contributed by atoms with van der Waals surface area (Å²) in [6.07, 6.45) is 4.47. The number of aromatic nitrogens is 1. The van der Waals surface area contributed by atoms with Crippen LogP contribution in [0.4, 0.5) is 5.82 Å². The average Bonchev–Trinajstić information content (AvgIpc) is 2.67. The highest BCUT2D eigenvalue weighted by Gasteiger charge is 2.14. The van der Waals surface area contributed by atoms with Crippen LogP contribution in [0.5, 0.6) is 0 Å². The van der Waals surface area contributed by atoms with Crippen molar-refractivity contribution in [3.8, 4) is 0 Å². The van der Waals surface area contributed by atoms with Gasteiger partial charge < -0.3 is 10.1 Å². The second-order valence-electron chi connectivity index (χ2n) is 3.38. The summed E-state index contributed by atoms with van der Waals surface area (Å²) in [5, 5.41) is 3.26. The molecule has 1 aliphatic heterocycles. The van der Waals surface area contributed by atoms with Gasteiger partial charge in [0.1, 0.15) is 5.82 Å². The first-order chi connectivity index (χ1) is 6.84. The summed E-state index contributed by atoms with van der Waals surface area (Å²) in [7, 11) is 0. The van der Waals surface area contributed by atoms with E-state index >= 15 is 0 Å².